The van der Waals surface area contributed by atoms with E-state index in [4.69, 9.17) is 4.74 Å². The summed E-state index contributed by atoms with van der Waals surface area (Å²) in [6, 6.07) is 0. The van der Waals surface area contributed by atoms with E-state index in [1.807, 2.05) is 6.92 Å². The molecule has 0 aromatic carbocycles. The Morgan fingerprint density at radius 1 is 1.44 bits per heavy atom. The van der Waals surface area contributed by atoms with E-state index in [0.717, 1.165) is 12.8 Å². The van der Waals surface area contributed by atoms with Gasteiger partial charge in [-0.3, -0.25) is 4.79 Å². The Labute approximate surface area is 106 Å². The number of hydrogen-bond acceptors (Lipinski definition) is 3. The molecule has 2 atom stereocenters. The molecular formula is C13H26O2S. The van der Waals surface area contributed by atoms with Crippen LogP contribution < -0.4 is 0 Å². The highest BCUT2D eigenvalue weighted by Gasteiger charge is 2.40. The molecule has 0 aliphatic carbocycles. The fourth-order valence-electron chi connectivity index (χ4n) is 2.38. The standard InChI is InChI=1S/C12H22O2.CH4S/c1-8(2)7-12(4,5)10-6-9(3)11(13)14-10;1-2/h8-10H,6-7H2,1-5H3;2H,1H3. The van der Waals surface area contributed by atoms with Gasteiger partial charge < -0.3 is 4.74 Å². The van der Waals surface area contributed by atoms with E-state index >= 15 is 0 Å². The van der Waals surface area contributed by atoms with Gasteiger partial charge in [0.1, 0.15) is 6.10 Å². The van der Waals surface area contributed by atoms with E-state index in [0.29, 0.717) is 5.92 Å². The largest absolute Gasteiger partial charge is 0.462 e. The smallest absolute Gasteiger partial charge is 0.309 e. The summed E-state index contributed by atoms with van der Waals surface area (Å²) in [7, 11) is 0. The van der Waals surface area contributed by atoms with Crippen molar-refractivity contribution in [1.82, 2.24) is 0 Å². The molecule has 1 aliphatic rings. The highest BCUT2D eigenvalue weighted by molar-refractivity contribution is 7.79. The normalized spacial score (nSPS) is 25.1. The summed E-state index contributed by atoms with van der Waals surface area (Å²) >= 11 is 3.53. The van der Waals surface area contributed by atoms with E-state index < -0.39 is 0 Å². The fraction of sp³-hybridized carbons (Fsp3) is 0.923. The zero-order valence-electron chi connectivity index (χ0n) is 11.4. The molecule has 3 heteroatoms. The van der Waals surface area contributed by atoms with Gasteiger partial charge >= 0.3 is 5.97 Å². The van der Waals surface area contributed by atoms with Crippen LogP contribution in [0.5, 0.6) is 0 Å². The second-order valence-electron chi connectivity index (χ2n) is 5.65. The highest BCUT2D eigenvalue weighted by atomic mass is 32.1. The highest BCUT2D eigenvalue weighted by Crippen LogP contribution is 2.38. The van der Waals surface area contributed by atoms with Crippen LogP contribution in [0, 0.1) is 17.3 Å². The maximum Gasteiger partial charge on any atom is 0.309 e. The number of ether oxygens (including phenoxy) is 1. The van der Waals surface area contributed by atoms with E-state index in [1.165, 1.54) is 0 Å². The average molecular weight is 246 g/mol. The molecule has 0 bridgehead atoms. The van der Waals surface area contributed by atoms with Crippen LogP contribution in [-0.2, 0) is 9.53 Å². The van der Waals surface area contributed by atoms with Crippen LogP contribution in [0.25, 0.3) is 0 Å². The number of carbonyl (C=O) groups excluding carboxylic acids is 1. The van der Waals surface area contributed by atoms with Crippen molar-refractivity contribution >= 4 is 18.6 Å². The third-order valence-corrected chi connectivity index (χ3v) is 3.03. The molecule has 1 rings (SSSR count). The lowest BCUT2D eigenvalue weighted by Crippen LogP contribution is -2.30. The van der Waals surface area contributed by atoms with E-state index in [9.17, 15) is 4.79 Å². The van der Waals surface area contributed by atoms with Gasteiger partial charge in [-0.2, -0.15) is 12.6 Å². The van der Waals surface area contributed by atoms with Crippen LogP contribution >= 0.6 is 12.6 Å². The van der Waals surface area contributed by atoms with Crippen molar-refractivity contribution in [2.75, 3.05) is 6.26 Å². The van der Waals surface area contributed by atoms with Gasteiger partial charge in [-0.25, -0.2) is 0 Å². The summed E-state index contributed by atoms with van der Waals surface area (Å²) in [5, 5.41) is 0. The van der Waals surface area contributed by atoms with Gasteiger partial charge in [-0.05, 0) is 25.0 Å². The number of carbonyl (C=O) groups is 1. The predicted molar refractivity (Wildman–Crippen MR) is 71.8 cm³/mol. The first kappa shape index (κ1) is 15.8. The molecule has 0 aromatic rings. The van der Waals surface area contributed by atoms with Gasteiger partial charge in [0.05, 0.1) is 5.92 Å². The molecule has 2 unspecified atom stereocenters. The quantitative estimate of drug-likeness (QED) is 0.609. The number of cyclic esters (lactones) is 1. The first-order valence-corrected chi connectivity index (χ1v) is 6.87. The van der Waals surface area contributed by atoms with Crippen LogP contribution in [0.4, 0.5) is 0 Å². The van der Waals surface area contributed by atoms with Gasteiger partial charge in [0.15, 0.2) is 0 Å². The zero-order chi connectivity index (χ0) is 12.9. The third-order valence-electron chi connectivity index (χ3n) is 3.03. The Kier molecular flexibility index (Phi) is 6.46. The Morgan fingerprint density at radius 3 is 2.25 bits per heavy atom. The van der Waals surface area contributed by atoms with Gasteiger partial charge in [-0.1, -0.05) is 34.6 Å². The monoisotopic (exact) mass is 246 g/mol. The van der Waals surface area contributed by atoms with Crippen LogP contribution in [0.1, 0.15) is 47.5 Å². The number of esters is 1. The summed E-state index contributed by atoms with van der Waals surface area (Å²) in [5.74, 6) is 0.720. The topological polar surface area (TPSA) is 26.3 Å². The summed E-state index contributed by atoms with van der Waals surface area (Å²) in [5.41, 5.74) is 0.120. The Hall–Kier alpha value is -0.180. The van der Waals surface area contributed by atoms with Crippen molar-refractivity contribution in [2.24, 2.45) is 17.3 Å². The summed E-state index contributed by atoms with van der Waals surface area (Å²) in [4.78, 5) is 11.3. The molecule has 1 saturated heterocycles. The Bertz CT molecular complexity index is 224. The van der Waals surface area contributed by atoms with Crippen molar-refractivity contribution in [3.63, 3.8) is 0 Å². The molecule has 0 aromatic heterocycles. The van der Waals surface area contributed by atoms with Gasteiger partial charge in [0.25, 0.3) is 0 Å². The average Bonchev–Trinajstić information content (AvgIpc) is 2.49. The first-order valence-electron chi connectivity index (χ1n) is 5.98. The maximum atomic E-state index is 11.3. The minimum Gasteiger partial charge on any atom is -0.462 e. The molecule has 0 amide bonds. The lowest BCUT2D eigenvalue weighted by molar-refractivity contribution is -0.148. The molecule has 16 heavy (non-hydrogen) atoms. The molecule has 1 fully saturated rings. The second kappa shape index (κ2) is 6.53. The lowest BCUT2D eigenvalue weighted by Gasteiger charge is -2.31. The summed E-state index contributed by atoms with van der Waals surface area (Å²) in [6.45, 7) is 10.8. The minimum atomic E-state index is -0.0215. The SMILES string of the molecule is CC(C)CC(C)(C)C1CC(C)C(=O)O1.CS. The molecule has 2 nitrogen and oxygen atoms in total. The van der Waals surface area contributed by atoms with E-state index in [-0.39, 0.29) is 23.4 Å². The van der Waals surface area contributed by atoms with E-state index in [1.54, 1.807) is 6.26 Å². The van der Waals surface area contributed by atoms with Crippen LogP contribution in [0.3, 0.4) is 0 Å². The Morgan fingerprint density at radius 2 is 1.94 bits per heavy atom. The van der Waals surface area contributed by atoms with Crippen LogP contribution in [-0.4, -0.2) is 18.3 Å². The van der Waals surface area contributed by atoms with Gasteiger partial charge in [0.2, 0.25) is 0 Å². The van der Waals surface area contributed by atoms with Crippen LogP contribution in [0.2, 0.25) is 0 Å². The van der Waals surface area contributed by atoms with Crippen molar-refractivity contribution in [2.45, 2.75) is 53.6 Å². The zero-order valence-corrected chi connectivity index (χ0v) is 12.3. The van der Waals surface area contributed by atoms with Crippen molar-refractivity contribution in [3.8, 4) is 0 Å². The molecule has 96 valence electrons. The van der Waals surface area contributed by atoms with Gasteiger partial charge in [-0.15, -0.1) is 0 Å². The van der Waals surface area contributed by atoms with Crippen molar-refractivity contribution in [1.29, 1.82) is 0 Å². The number of rotatable bonds is 3. The first-order chi connectivity index (χ1) is 7.33. The van der Waals surface area contributed by atoms with Crippen molar-refractivity contribution < 1.29 is 9.53 Å². The molecule has 0 saturated carbocycles. The second-order valence-corrected chi connectivity index (χ2v) is 5.65. The minimum absolute atomic E-state index is 0.0215. The maximum absolute atomic E-state index is 11.3. The molecule has 1 aliphatic heterocycles. The summed E-state index contributed by atoms with van der Waals surface area (Å²) in [6.07, 6.45) is 3.81. The van der Waals surface area contributed by atoms with E-state index in [2.05, 4.69) is 40.3 Å². The van der Waals surface area contributed by atoms with Crippen LogP contribution in [0.15, 0.2) is 0 Å². The Balaban J connectivity index is 0.00000106. The molecule has 1 heterocycles. The molecule has 0 radical (unpaired) electrons. The molecule has 0 spiro atoms. The summed E-state index contributed by atoms with van der Waals surface area (Å²) < 4.78 is 5.40. The fourth-order valence-corrected chi connectivity index (χ4v) is 2.38. The van der Waals surface area contributed by atoms with Gasteiger partial charge in [0, 0.05) is 5.41 Å². The lowest BCUT2D eigenvalue weighted by atomic mass is 9.77. The molecule has 0 N–H and O–H groups in total. The number of thiol groups is 1. The molecular weight excluding hydrogens is 220 g/mol. The third kappa shape index (κ3) is 4.36. The predicted octanol–water partition coefficient (Wildman–Crippen LogP) is 3.56. The number of hydrogen-bond donors (Lipinski definition) is 1. The van der Waals surface area contributed by atoms with Crippen molar-refractivity contribution in [3.05, 3.63) is 0 Å².